The molecule has 0 saturated carbocycles. The largest absolute Gasteiger partial charge is 0.387 e. The number of benzene rings is 1. The monoisotopic (exact) mass is 229 g/mol. The summed E-state index contributed by atoms with van der Waals surface area (Å²) in [5.74, 6) is 0. The maximum absolute atomic E-state index is 10.0. The predicted octanol–water partition coefficient (Wildman–Crippen LogP) is 2.48. The second-order valence-corrected chi connectivity index (χ2v) is 3.67. The van der Waals surface area contributed by atoms with E-state index in [-0.39, 0.29) is 18.4 Å². The van der Waals surface area contributed by atoms with Crippen molar-refractivity contribution in [2.24, 2.45) is 0 Å². The number of aliphatic hydroxyl groups is 1. The molecule has 0 radical (unpaired) electrons. The van der Waals surface area contributed by atoms with Crippen LogP contribution in [0.3, 0.4) is 0 Å². The summed E-state index contributed by atoms with van der Waals surface area (Å²) in [4.78, 5) is 2.14. The fourth-order valence-electron chi connectivity index (χ4n) is 1.46. The molecule has 86 valence electrons. The molecule has 1 N–H and O–H groups in total. The van der Waals surface area contributed by atoms with Gasteiger partial charge in [-0.15, -0.1) is 12.4 Å². The van der Waals surface area contributed by atoms with E-state index >= 15 is 0 Å². The molecule has 1 aromatic rings. The van der Waals surface area contributed by atoms with E-state index in [0.717, 1.165) is 12.1 Å². The average molecular weight is 230 g/mol. The molecule has 0 fully saturated rings. The molecule has 0 aliphatic rings. The molecule has 3 heteroatoms. The van der Waals surface area contributed by atoms with Crippen molar-refractivity contribution < 1.29 is 5.11 Å². The van der Waals surface area contributed by atoms with E-state index in [1.807, 2.05) is 44.3 Å². The zero-order valence-corrected chi connectivity index (χ0v) is 10.4. The van der Waals surface area contributed by atoms with Crippen molar-refractivity contribution in [1.82, 2.24) is 4.90 Å². The van der Waals surface area contributed by atoms with Gasteiger partial charge in [0.2, 0.25) is 0 Å². The van der Waals surface area contributed by atoms with Crippen molar-refractivity contribution in [3.63, 3.8) is 0 Å². The minimum absolute atomic E-state index is 0. The summed E-state index contributed by atoms with van der Waals surface area (Å²) in [6.07, 6.45) is -0.402. The lowest BCUT2D eigenvalue weighted by Gasteiger charge is -2.27. The highest BCUT2D eigenvalue weighted by atomic mass is 35.5. The summed E-state index contributed by atoms with van der Waals surface area (Å²) >= 11 is 0. The Bertz CT molecular complexity index is 266. The van der Waals surface area contributed by atoms with Crippen molar-refractivity contribution >= 4 is 12.4 Å². The summed E-state index contributed by atoms with van der Waals surface area (Å²) in [6.45, 7) is 5.08. The van der Waals surface area contributed by atoms with Crippen molar-refractivity contribution in [3.8, 4) is 0 Å². The smallest absolute Gasteiger partial charge is 0.0942 e. The van der Waals surface area contributed by atoms with Crippen LogP contribution in [-0.2, 0) is 0 Å². The van der Waals surface area contributed by atoms with Crippen LogP contribution in [0.1, 0.15) is 25.5 Å². The Kier molecular flexibility index (Phi) is 6.57. The number of halogens is 1. The lowest BCUT2D eigenvalue weighted by molar-refractivity contribution is 0.0755. The number of nitrogens with zero attached hydrogens (tertiary/aromatic N) is 1. The first-order valence-corrected chi connectivity index (χ1v) is 5.10. The first-order chi connectivity index (χ1) is 6.66. The predicted molar refractivity (Wildman–Crippen MR) is 66.4 cm³/mol. The molecule has 0 unspecified atom stereocenters. The Balaban J connectivity index is 0.00000196. The van der Waals surface area contributed by atoms with E-state index in [9.17, 15) is 5.11 Å². The number of rotatable bonds is 4. The second kappa shape index (κ2) is 6.83. The average Bonchev–Trinajstić information content (AvgIpc) is 2.27. The van der Waals surface area contributed by atoms with Crippen LogP contribution in [-0.4, -0.2) is 29.6 Å². The van der Waals surface area contributed by atoms with Crippen molar-refractivity contribution in [2.75, 3.05) is 13.6 Å². The molecule has 0 spiro atoms. The van der Waals surface area contributed by atoms with Gasteiger partial charge < -0.3 is 10.0 Å². The zero-order valence-electron chi connectivity index (χ0n) is 9.55. The van der Waals surface area contributed by atoms with Gasteiger partial charge in [-0.2, -0.15) is 0 Å². The van der Waals surface area contributed by atoms with Gasteiger partial charge in [0.05, 0.1) is 6.10 Å². The van der Waals surface area contributed by atoms with E-state index in [0.29, 0.717) is 0 Å². The molecule has 2 atom stereocenters. The summed E-state index contributed by atoms with van der Waals surface area (Å²) in [5, 5.41) is 10.0. The topological polar surface area (TPSA) is 23.5 Å². The molecular formula is C12H20ClNO. The van der Waals surface area contributed by atoms with Gasteiger partial charge in [-0.1, -0.05) is 37.3 Å². The third-order valence-electron chi connectivity index (χ3n) is 2.79. The van der Waals surface area contributed by atoms with Gasteiger partial charge in [0.15, 0.2) is 0 Å². The van der Waals surface area contributed by atoms with Gasteiger partial charge in [0, 0.05) is 6.04 Å². The van der Waals surface area contributed by atoms with Crippen molar-refractivity contribution in [3.05, 3.63) is 35.9 Å². The van der Waals surface area contributed by atoms with Gasteiger partial charge in [-0.25, -0.2) is 0 Å². The Morgan fingerprint density at radius 1 is 1.27 bits per heavy atom. The highest BCUT2D eigenvalue weighted by Crippen LogP contribution is 2.19. The lowest BCUT2D eigenvalue weighted by Crippen LogP contribution is -2.34. The highest BCUT2D eigenvalue weighted by molar-refractivity contribution is 5.85. The summed E-state index contributed by atoms with van der Waals surface area (Å²) in [7, 11) is 2.02. The van der Waals surface area contributed by atoms with Gasteiger partial charge in [-0.3, -0.25) is 0 Å². The molecule has 0 aromatic heterocycles. The molecule has 15 heavy (non-hydrogen) atoms. The number of likely N-dealkylation sites (N-methyl/N-ethyl adjacent to an activating group) is 1. The van der Waals surface area contributed by atoms with Crippen LogP contribution in [0.2, 0.25) is 0 Å². The van der Waals surface area contributed by atoms with Crippen molar-refractivity contribution in [1.29, 1.82) is 0 Å². The Morgan fingerprint density at radius 3 is 2.27 bits per heavy atom. The van der Waals surface area contributed by atoms with E-state index < -0.39 is 6.10 Å². The van der Waals surface area contributed by atoms with E-state index in [2.05, 4.69) is 11.8 Å². The van der Waals surface area contributed by atoms with Gasteiger partial charge in [-0.05, 0) is 26.1 Å². The second-order valence-electron chi connectivity index (χ2n) is 3.67. The maximum Gasteiger partial charge on any atom is 0.0942 e. The molecule has 0 heterocycles. The number of aliphatic hydroxyl groups excluding tert-OH is 1. The molecule has 1 rings (SSSR count). The minimum Gasteiger partial charge on any atom is -0.387 e. The van der Waals surface area contributed by atoms with Gasteiger partial charge in [0.25, 0.3) is 0 Å². The molecule has 0 saturated heterocycles. The Hall–Kier alpha value is -0.570. The SMILES string of the molecule is CCN(C)[C@@H](C)[C@H](O)c1ccccc1.Cl. The highest BCUT2D eigenvalue weighted by Gasteiger charge is 2.18. The molecule has 0 amide bonds. The Morgan fingerprint density at radius 2 is 1.80 bits per heavy atom. The van der Waals surface area contributed by atoms with Crippen LogP contribution in [0, 0.1) is 0 Å². The molecule has 0 aliphatic carbocycles. The number of hydrogen-bond donors (Lipinski definition) is 1. The summed E-state index contributed by atoms with van der Waals surface area (Å²) < 4.78 is 0. The third-order valence-corrected chi connectivity index (χ3v) is 2.79. The van der Waals surface area contributed by atoms with Crippen molar-refractivity contribution in [2.45, 2.75) is 26.0 Å². The van der Waals surface area contributed by atoms with Crippen LogP contribution in [0.25, 0.3) is 0 Å². The maximum atomic E-state index is 10.0. The minimum atomic E-state index is -0.402. The molecule has 2 nitrogen and oxygen atoms in total. The van der Waals surface area contributed by atoms with Crippen LogP contribution < -0.4 is 0 Å². The first-order valence-electron chi connectivity index (χ1n) is 5.10. The fraction of sp³-hybridized carbons (Fsp3) is 0.500. The molecular weight excluding hydrogens is 210 g/mol. The lowest BCUT2D eigenvalue weighted by atomic mass is 10.0. The summed E-state index contributed by atoms with van der Waals surface area (Å²) in [6, 6.07) is 9.95. The standard InChI is InChI=1S/C12H19NO.ClH/c1-4-13(3)10(2)12(14)11-8-6-5-7-9-11;/h5-10,12,14H,4H2,1-3H3;1H/t10-,12-;/m0./s1. The van der Waals surface area contributed by atoms with Gasteiger partial charge >= 0.3 is 0 Å². The third kappa shape index (κ3) is 3.82. The van der Waals surface area contributed by atoms with Crippen LogP contribution in [0.5, 0.6) is 0 Å². The zero-order chi connectivity index (χ0) is 10.6. The van der Waals surface area contributed by atoms with Crippen LogP contribution in [0.15, 0.2) is 30.3 Å². The van der Waals surface area contributed by atoms with Crippen LogP contribution >= 0.6 is 12.4 Å². The van der Waals surface area contributed by atoms with E-state index in [4.69, 9.17) is 0 Å². The van der Waals surface area contributed by atoms with E-state index in [1.54, 1.807) is 0 Å². The van der Waals surface area contributed by atoms with Crippen LogP contribution in [0.4, 0.5) is 0 Å². The molecule has 0 aliphatic heterocycles. The number of hydrogen-bond acceptors (Lipinski definition) is 2. The molecule has 1 aromatic carbocycles. The summed E-state index contributed by atoms with van der Waals surface area (Å²) in [5.41, 5.74) is 0.986. The quantitative estimate of drug-likeness (QED) is 0.858. The fourth-order valence-corrected chi connectivity index (χ4v) is 1.46. The van der Waals surface area contributed by atoms with E-state index in [1.165, 1.54) is 0 Å². The Labute approximate surface area is 98.3 Å². The first kappa shape index (κ1) is 14.4. The molecule has 0 bridgehead atoms. The van der Waals surface area contributed by atoms with Gasteiger partial charge in [0.1, 0.15) is 0 Å². The normalized spacial score (nSPS) is 14.5.